The van der Waals surface area contributed by atoms with Gasteiger partial charge in [0, 0.05) is 25.6 Å². The van der Waals surface area contributed by atoms with Crippen LogP contribution in [0.15, 0.2) is 18.2 Å². The lowest BCUT2D eigenvalue weighted by Crippen LogP contribution is -2.32. The molecule has 4 rings (SSSR count). The molecule has 0 radical (unpaired) electrons. The SMILES string of the molecule is O=C(c1ccc(F)cc1F)N1CCCC1c1nnc2n1CCCCC2. The van der Waals surface area contributed by atoms with Crippen LogP contribution in [-0.2, 0) is 13.0 Å². The number of hydrogen-bond acceptors (Lipinski definition) is 3. The molecule has 0 saturated carbocycles. The van der Waals surface area contributed by atoms with E-state index in [0.29, 0.717) is 6.54 Å². The van der Waals surface area contributed by atoms with Gasteiger partial charge in [0.15, 0.2) is 5.82 Å². The van der Waals surface area contributed by atoms with Crippen molar-refractivity contribution in [1.29, 1.82) is 0 Å². The molecule has 0 aliphatic carbocycles. The summed E-state index contributed by atoms with van der Waals surface area (Å²) < 4.78 is 29.3. The van der Waals surface area contributed by atoms with Crippen LogP contribution < -0.4 is 0 Å². The maximum atomic E-state index is 14.0. The number of fused-ring (bicyclic) bond motifs is 1. The smallest absolute Gasteiger partial charge is 0.257 e. The predicted octanol–water partition coefficient (Wildman–Crippen LogP) is 3.26. The van der Waals surface area contributed by atoms with Gasteiger partial charge in [0.05, 0.1) is 11.6 Å². The lowest BCUT2D eigenvalue weighted by atomic mass is 10.1. The highest BCUT2D eigenvalue weighted by molar-refractivity contribution is 5.94. The van der Waals surface area contributed by atoms with Crippen molar-refractivity contribution in [2.75, 3.05) is 6.54 Å². The van der Waals surface area contributed by atoms with Crippen LogP contribution in [0, 0.1) is 11.6 Å². The first-order chi connectivity index (χ1) is 12.1. The van der Waals surface area contributed by atoms with Gasteiger partial charge in [0.25, 0.3) is 5.91 Å². The van der Waals surface area contributed by atoms with Crippen LogP contribution >= 0.6 is 0 Å². The molecule has 1 fully saturated rings. The first kappa shape index (κ1) is 16.2. The third-order valence-corrected chi connectivity index (χ3v) is 5.11. The number of benzene rings is 1. The first-order valence-corrected chi connectivity index (χ1v) is 8.83. The molecule has 1 aromatic carbocycles. The second kappa shape index (κ2) is 6.54. The Hall–Kier alpha value is -2.31. The summed E-state index contributed by atoms with van der Waals surface area (Å²) in [6, 6.07) is 2.88. The standard InChI is InChI=1S/C18H20F2N4O/c19-12-7-8-13(14(20)11-12)18(25)23-10-4-5-15(23)17-22-21-16-6-2-1-3-9-24(16)17/h7-8,11,15H,1-6,9-10H2. The summed E-state index contributed by atoms with van der Waals surface area (Å²) in [6.45, 7) is 1.41. The van der Waals surface area contributed by atoms with Crippen LogP contribution in [0.1, 0.15) is 60.2 Å². The van der Waals surface area contributed by atoms with Crippen molar-refractivity contribution in [2.24, 2.45) is 0 Å². The van der Waals surface area contributed by atoms with Gasteiger partial charge < -0.3 is 9.47 Å². The zero-order valence-corrected chi connectivity index (χ0v) is 13.9. The molecule has 1 unspecified atom stereocenters. The normalized spacial score (nSPS) is 20.4. The van der Waals surface area contributed by atoms with Crippen molar-refractivity contribution >= 4 is 5.91 Å². The van der Waals surface area contributed by atoms with Crippen LogP contribution in [0.3, 0.4) is 0 Å². The monoisotopic (exact) mass is 346 g/mol. The van der Waals surface area contributed by atoms with Crippen LogP contribution in [0.25, 0.3) is 0 Å². The van der Waals surface area contributed by atoms with Gasteiger partial charge in [-0.1, -0.05) is 6.42 Å². The first-order valence-electron chi connectivity index (χ1n) is 8.83. The molecule has 0 bridgehead atoms. The molecule has 5 nitrogen and oxygen atoms in total. The summed E-state index contributed by atoms with van der Waals surface area (Å²) in [4.78, 5) is 14.5. The molecule has 0 N–H and O–H groups in total. The van der Waals surface area contributed by atoms with E-state index in [1.54, 1.807) is 4.90 Å². The number of rotatable bonds is 2. The Morgan fingerprint density at radius 2 is 1.96 bits per heavy atom. The van der Waals surface area contributed by atoms with Gasteiger partial charge in [-0.15, -0.1) is 10.2 Å². The van der Waals surface area contributed by atoms with Crippen LogP contribution in [-0.4, -0.2) is 32.1 Å². The summed E-state index contributed by atoms with van der Waals surface area (Å²) in [5.41, 5.74) is -0.0936. The largest absolute Gasteiger partial charge is 0.328 e. The Balaban J connectivity index is 1.65. The molecular weight excluding hydrogens is 326 g/mol. The van der Waals surface area contributed by atoms with Crippen molar-refractivity contribution in [3.05, 3.63) is 47.0 Å². The molecule has 132 valence electrons. The van der Waals surface area contributed by atoms with Crippen LogP contribution in [0.5, 0.6) is 0 Å². The number of aromatic nitrogens is 3. The second-order valence-electron chi connectivity index (χ2n) is 6.72. The summed E-state index contributed by atoms with van der Waals surface area (Å²) in [5.74, 6) is -0.151. The maximum absolute atomic E-state index is 14.0. The van der Waals surface area contributed by atoms with E-state index in [0.717, 1.165) is 68.9 Å². The number of hydrogen-bond donors (Lipinski definition) is 0. The van der Waals surface area contributed by atoms with E-state index in [4.69, 9.17) is 0 Å². The lowest BCUT2D eigenvalue weighted by Gasteiger charge is -2.25. The quantitative estimate of drug-likeness (QED) is 0.839. The van der Waals surface area contributed by atoms with Gasteiger partial charge in [-0.2, -0.15) is 0 Å². The highest BCUT2D eigenvalue weighted by Gasteiger charge is 2.35. The molecule has 1 saturated heterocycles. The number of aryl methyl sites for hydroxylation is 1. The fraction of sp³-hybridized carbons (Fsp3) is 0.500. The number of carbonyl (C=O) groups excluding carboxylic acids is 1. The van der Waals surface area contributed by atoms with Crippen molar-refractivity contribution < 1.29 is 13.6 Å². The van der Waals surface area contributed by atoms with Gasteiger partial charge in [0.2, 0.25) is 0 Å². The Bertz CT molecular complexity index is 804. The Labute approximate surface area is 144 Å². The van der Waals surface area contributed by atoms with Gasteiger partial charge in [-0.25, -0.2) is 8.78 Å². The minimum absolute atomic E-state index is 0.0936. The van der Waals surface area contributed by atoms with E-state index >= 15 is 0 Å². The van der Waals surface area contributed by atoms with E-state index < -0.39 is 17.5 Å². The van der Waals surface area contributed by atoms with Crippen molar-refractivity contribution in [3.8, 4) is 0 Å². The van der Waals surface area contributed by atoms with E-state index in [-0.39, 0.29) is 11.6 Å². The minimum Gasteiger partial charge on any atom is -0.328 e. The van der Waals surface area contributed by atoms with E-state index in [2.05, 4.69) is 14.8 Å². The number of halogens is 2. The molecular formula is C18H20F2N4O. The van der Waals surface area contributed by atoms with E-state index in [1.807, 2.05) is 0 Å². The third kappa shape index (κ3) is 2.92. The number of nitrogens with zero attached hydrogens (tertiary/aromatic N) is 4. The predicted molar refractivity (Wildman–Crippen MR) is 86.9 cm³/mol. The number of amides is 1. The third-order valence-electron chi connectivity index (χ3n) is 5.11. The molecule has 0 spiro atoms. The highest BCUT2D eigenvalue weighted by Crippen LogP contribution is 2.33. The molecule has 1 amide bonds. The summed E-state index contributed by atoms with van der Waals surface area (Å²) in [7, 11) is 0. The zero-order chi connectivity index (χ0) is 17.4. The molecule has 2 aliphatic heterocycles. The molecule has 1 atom stereocenters. The van der Waals surface area contributed by atoms with Crippen LogP contribution in [0.4, 0.5) is 8.78 Å². The zero-order valence-electron chi connectivity index (χ0n) is 13.9. The molecule has 7 heteroatoms. The summed E-state index contributed by atoms with van der Waals surface area (Å²) in [5, 5.41) is 8.66. The molecule has 1 aromatic heterocycles. The topological polar surface area (TPSA) is 51.0 Å². The summed E-state index contributed by atoms with van der Waals surface area (Å²) >= 11 is 0. The number of carbonyl (C=O) groups is 1. The average Bonchev–Trinajstić information content (AvgIpc) is 3.15. The van der Waals surface area contributed by atoms with Crippen LogP contribution in [0.2, 0.25) is 0 Å². The molecule has 25 heavy (non-hydrogen) atoms. The van der Waals surface area contributed by atoms with Crippen molar-refractivity contribution in [2.45, 2.75) is 51.1 Å². The molecule has 2 aromatic rings. The van der Waals surface area contributed by atoms with Crippen molar-refractivity contribution in [1.82, 2.24) is 19.7 Å². The Kier molecular flexibility index (Phi) is 4.23. The molecule has 3 heterocycles. The van der Waals surface area contributed by atoms with Gasteiger partial charge in [-0.3, -0.25) is 4.79 Å². The minimum atomic E-state index is -0.823. The van der Waals surface area contributed by atoms with E-state index in [1.165, 1.54) is 6.07 Å². The lowest BCUT2D eigenvalue weighted by molar-refractivity contribution is 0.0722. The summed E-state index contributed by atoms with van der Waals surface area (Å²) in [6.07, 6.45) is 5.86. The Morgan fingerprint density at radius 3 is 2.80 bits per heavy atom. The fourth-order valence-electron chi connectivity index (χ4n) is 3.85. The molecule has 2 aliphatic rings. The average molecular weight is 346 g/mol. The fourth-order valence-corrected chi connectivity index (χ4v) is 3.85. The second-order valence-corrected chi connectivity index (χ2v) is 6.72. The van der Waals surface area contributed by atoms with E-state index in [9.17, 15) is 13.6 Å². The highest BCUT2D eigenvalue weighted by atomic mass is 19.1. The van der Waals surface area contributed by atoms with Gasteiger partial charge in [-0.05, 0) is 37.8 Å². The number of likely N-dealkylation sites (tertiary alicyclic amines) is 1. The van der Waals surface area contributed by atoms with Crippen molar-refractivity contribution in [3.63, 3.8) is 0 Å². The maximum Gasteiger partial charge on any atom is 0.257 e. The van der Waals surface area contributed by atoms with Gasteiger partial charge in [0.1, 0.15) is 17.5 Å². The van der Waals surface area contributed by atoms with Gasteiger partial charge >= 0.3 is 0 Å². The Morgan fingerprint density at radius 1 is 1.08 bits per heavy atom.